The lowest BCUT2D eigenvalue weighted by atomic mass is 10.1. The van der Waals surface area contributed by atoms with Gasteiger partial charge in [0.25, 0.3) is 0 Å². The van der Waals surface area contributed by atoms with Gasteiger partial charge >= 0.3 is 0 Å². The van der Waals surface area contributed by atoms with Crippen molar-refractivity contribution in [3.63, 3.8) is 0 Å². The van der Waals surface area contributed by atoms with Crippen LogP contribution in [0.3, 0.4) is 0 Å². The summed E-state index contributed by atoms with van der Waals surface area (Å²) >= 11 is 4.59. The van der Waals surface area contributed by atoms with Crippen LogP contribution in [0.1, 0.15) is 12.5 Å². The number of halogens is 1. The Balaban J connectivity index is 2.92. The van der Waals surface area contributed by atoms with Crippen LogP contribution in [0, 0.1) is 5.82 Å². The first-order chi connectivity index (χ1) is 7.54. The molecule has 1 aromatic rings. The van der Waals surface area contributed by atoms with E-state index in [1.807, 2.05) is 0 Å². The molecule has 0 bridgehead atoms. The van der Waals surface area contributed by atoms with E-state index in [1.165, 1.54) is 19.2 Å². The van der Waals surface area contributed by atoms with E-state index in [4.69, 9.17) is 10.5 Å². The van der Waals surface area contributed by atoms with Crippen LogP contribution in [0.15, 0.2) is 23.3 Å². The fourth-order valence-electron chi connectivity index (χ4n) is 1.09. The number of nitrogens with zero attached hydrogens (tertiary/aromatic N) is 1. The van der Waals surface area contributed by atoms with Crippen LogP contribution < -0.4 is 15.9 Å². The maximum Gasteiger partial charge on any atom is 0.184 e. The van der Waals surface area contributed by atoms with Gasteiger partial charge in [-0.15, -0.1) is 0 Å². The highest BCUT2D eigenvalue weighted by Crippen LogP contribution is 2.17. The van der Waals surface area contributed by atoms with Crippen molar-refractivity contribution >= 4 is 23.0 Å². The van der Waals surface area contributed by atoms with Gasteiger partial charge in [0.15, 0.2) is 16.7 Å². The molecule has 0 radical (unpaired) electrons. The number of hydrazone groups is 1. The molecule has 86 valence electrons. The molecule has 6 heteroatoms. The van der Waals surface area contributed by atoms with Gasteiger partial charge in [0, 0.05) is 5.56 Å². The van der Waals surface area contributed by atoms with Crippen LogP contribution >= 0.6 is 12.2 Å². The van der Waals surface area contributed by atoms with Gasteiger partial charge in [0.1, 0.15) is 0 Å². The highest BCUT2D eigenvalue weighted by Gasteiger charge is 2.05. The zero-order chi connectivity index (χ0) is 12.1. The molecule has 16 heavy (non-hydrogen) atoms. The Morgan fingerprint density at radius 1 is 1.56 bits per heavy atom. The third kappa shape index (κ3) is 3.16. The summed E-state index contributed by atoms with van der Waals surface area (Å²) in [6.07, 6.45) is 0. The van der Waals surface area contributed by atoms with Crippen LogP contribution in [-0.4, -0.2) is 17.9 Å². The zero-order valence-corrected chi connectivity index (χ0v) is 9.77. The van der Waals surface area contributed by atoms with Crippen LogP contribution in [-0.2, 0) is 0 Å². The van der Waals surface area contributed by atoms with Gasteiger partial charge in [-0.1, -0.05) is 0 Å². The van der Waals surface area contributed by atoms with E-state index in [0.717, 1.165) is 0 Å². The number of nitrogens with two attached hydrogens (primary N) is 1. The van der Waals surface area contributed by atoms with Gasteiger partial charge in [-0.3, -0.25) is 5.43 Å². The van der Waals surface area contributed by atoms with Crippen molar-refractivity contribution in [3.8, 4) is 5.75 Å². The van der Waals surface area contributed by atoms with E-state index in [9.17, 15) is 4.39 Å². The highest BCUT2D eigenvalue weighted by molar-refractivity contribution is 7.80. The first-order valence-electron chi connectivity index (χ1n) is 4.48. The van der Waals surface area contributed by atoms with Crippen LogP contribution in [0.2, 0.25) is 0 Å². The molecule has 4 nitrogen and oxygen atoms in total. The lowest BCUT2D eigenvalue weighted by molar-refractivity contribution is 0.386. The van der Waals surface area contributed by atoms with Crippen molar-refractivity contribution in [2.24, 2.45) is 10.8 Å². The van der Waals surface area contributed by atoms with Gasteiger partial charge < -0.3 is 10.5 Å². The number of hydrogen-bond acceptors (Lipinski definition) is 3. The lowest BCUT2D eigenvalue weighted by Crippen LogP contribution is -2.25. The average molecular weight is 241 g/mol. The minimum Gasteiger partial charge on any atom is -0.494 e. The first kappa shape index (κ1) is 12.4. The predicted octanol–water partition coefficient (Wildman–Crippen LogP) is 1.39. The standard InChI is InChI=1S/C10H12FN3OS/c1-6(13-14-10(12)16)7-3-4-9(15-2)8(11)5-7/h3-5H,1-2H3,(H3,12,14,16). The number of ether oxygens (including phenoxy) is 1. The molecule has 0 aliphatic carbocycles. The van der Waals surface area contributed by atoms with E-state index in [2.05, 4.69) is 22.7 Å². The number of nitrogens with one attached hydrogen (secondary N) is 1. The number of methoxy groups -OCH3 is 1. The summed E-state index contributed by atoms with van der Waals surface area (Å²) in [4.78, 5) is 0. The molecule has 0 aliphatic heterocycles. The van der Waals surface area contributed by atoms with E-state index in [-0.39, 0.29) is 10.9 Å². The monoisotopic (exact) mass is 241 g/mol. The summed E-state index contributed by atoms with van der Waals surface area (Å²) in [6.45, 7) is 1.71. The average Bonchev–Trinajstić information content (AvgIpc) is 2.25. The Morgan fingerprint density at radius 3 is 2.75 bits per heavy atom. The largest absolute Gasteiger partial charge is 0.494 e. The Kier molecular flexibility index (Phi) is 4.19. The van der Waals surface area contributed by atoms with Gasteiger partial charge in [-0.25, -0.2) is 4.39 Å². The van der Waals surface area contributed by atoms with Crippen molar-refractivity contribution in [3.05, 3.63) is 29.6 Å². The zero-order valence-electron chi connectivity index (χ0n) is 8.95. The number of hydrogen-bond donors (Lipinski definition) is 2. The van der Waals surface area contributed by atoms with Crippen molar-refractivity contribution in [2.75, 3.05) is 7.11 Å². The minimum absolute atomic E-state index is 0.0633. The first-order valence-corrected chi connectivity index (χ1v) is 4.89. The van der Waals surface area contributed by atoms with E-state index < -0.39 is 5.82 Å². The molecule has 0 atom stereocenters. The summed E-state index contributed by atoms with van der Waals surface area (Å²) in [5, 5.41) is 3.95. The Bertz CT molecular complexity index is 434. The second-order valence-corrected chi connectivity index (χ2v) is 3.46. The summed E-state index contributed by atoms with van der Waals surface area (Å²) in [5.41, 5.74) is 8.85. The second kappa shape index (κ2) is 5.41. The SMILES string of the molecule is COc1ccc(C(C)=NNC(N)=S)cc1F. The Hall–Kier alpha value is -1.69. The molecule has 0 spiro atoms. The number of rotatable bonds is 3. The molecule has 1 aromatic carbocycles. The second-order valence-electron chi connectivity index (χ2n) is 3.02. The maximum absolute atomic E-state index is 13.4. The normalized spacial score (nSPS) is 11.1. The molecule has 0 amide bonds. The molecule has 0 saturated carbocycles. The van der Waals surface area contributed by atoms with E-state index >= 15 is 0 Å². The third-order valence-electron chi connectivity index (χ3n) is 1.90. The van der Waals surface area contributed by atoms with Gasteiger partial charge in [-0.05, 0) is 37.3 Å². The number of benzene rings is 1. The molecule has 0 aliphatic rings. The Morgan fingerprint density at radius 2 is 2.25 bits per heavy atom. The van der Waals surface area contributed by atoms with E-state index in [0.29, 0.717) is 11.3 Å². The van der Waals surface area contributed by atoms with Crippen LogP contribution in [0.25, 0.3) is 0 Å². The van der Waals surface area contributed by atoms with Crippen LogP contribution in [0.4, 0.5) is 4.39 Å². The summed E-state index contributed by atoms with van der Waals surface area (Å²) < 4.78 is 18.2. The smallest absolute Gasteiger partial charge is 0.184 e. The fourth-order valence-corrected chi connectivity index (χ4v) is 1.14. The predicted molar refractivity (Wildman–Crippen MR) is 65.1 cm³/mol. The highest BCUT2D eigenvalue weighted by atomic mass is 32.1. The lowest BCUT2D eigenvalue weighted by Gasteiger charge is -2.05. The Labute approximate surface area is 98.3 Å². The summed E-state index contributed by atoms with van der Waals surface area (Å²) in [7, 11) is 1.41. The molecule has 0 heterocycles. The van der Waals surface area contributed by atoms with Gasteiger partial charge in [0.2, 0.25) is 0 Å². The fraction of sp³-hybridized carbons (Fsp3) is 0.200. The maximum atomic E-state index is 13.4. The van der Waals surface area contributed by atoms with Crippen molar-refractivity contribution in [2.45, 2.75) is 6.92 Å². The molecule has 0 fully saturated rings. The van der Waals surface area contributed by atoms with Crippen LogP contribution in [0.5, 0.6) is 5.75 Å². The molecule has 0 aromatic heterocycles. The molecule has 0 unspecified atom stereocenters. The van der Waals surface area contributed by atoms with E-state index in [1.54, 1.807) is 13.0 Å². The van der Waals surface area contributed by atoms with Crippen molar-refractivity contribution < 1.29 is 9.13 Å². The molecule has 1 rings (SSSR count). The van der Waals surface area contributed by atoms with Gasteiger partial charge in [0.05, 0.1) is 12.8 Å². The topological polar surface area (TPSA) is 59.6 Å². The third-order valence-corrected chi connectivity index (χ3v) is 1.99. The molecular formula is C10H12FN3OS. The minimum atomic E-state index is -0.440. The molecular weight excluding hydrogens is 229 g/mol. The van der Waals surface area contributed by atoms with Gasteiger partial charge in [-0.2, -0.15) is 5.10 Å². The molecule has 3 N–H and O–H groups in total. The van der Waals surface area contributed by atoms with Crippen molar-refractivity contribution in [1.29, 1.82) is 0 Å². The van der Waals surface area contributed by atoms with Crippen molar-refractivity contribution in [1.82, 2.24) is 5.43 Å². The molecule has 0 saturated heterocycles. The quantitative estimate of drug-likeness (QED) is 0.477. The summed E-state index contributed by atoms with van der Waals surface area (Å²) in [5.74, 6) is -0.247. The summed E-state index contributed by atoms with van der Waals surface area (Å²) in [6, 6.07) is 4.56. The number of thiocarbonyl (C=S) groups is 1.